The molecule has 0 aromatic carbocycles. The zero-order valence-corrected chi connectivity index (χ0v) is 4.12. The van der Waals surface area contributed by atoms with Gasteiger partial charge in [0.25, 0.3) is 0 Å². The predicted molar refractivity (Wildman–Crippen MR) is 10.4 cm³/mol. The van der Waals surface area contributed by atoms with Crippen molar-refractivity contribution in [3.8, 4) is 6.07 Å². The molecule has 4 heavy (non-hydrogen) atoms. The second-order valence-electron chi connectivity index (χ2n) is 0.265. The first-order valence-electron chi connectivity index (χ1n) is 0.790. The van der Waals surface area contributed by atoms with E-state index in [1.807, 2.05) is 6.07 Å². The van der Waals surface area contributed by atoms with Gasteiger partial charge >= 0.3 is 37.0 Å². The first-order valence-corrected chi connectivity index (χ1v) is 2.32. The zero-order valence-electron chi connectivity index (χ0n) is 1.96. The van der Waals surface area contributed by atoms with Crippen molar-refractivity contribution in [1.29, 1.82) is 5.26 Å². The van der Waals surface area contributed by atoms with E-state index in [9.17, 15) is 0 Å². The second kappa shape index (κ2) is 3.23. The van der Waals surface area contributed by atoms with E-state index in [0.29, 0.717) is 4.64 Å². The van der Waals surface area contributed by atoms with Crippen LogP contribution in [-0.4, -0.2) is 0 Å². The minimum absolute atomic E-state index is 0.569. The van der Waals surface area contributed by atoms with Gasteiger partial charge in [0.1, 0.15) is 0 Å². The van der Waals surface area contributed by atoms with Gasteiger partial charge in [-0.3, -0.25) is 0 Å². The minimum atomic E-state index is 0.569. The van der Waals surface area contributed by atoms with Gasteiger partial charge in [0.05, 0.1) is 0 Å². The fourth-order valence-corrected chi connectivity index (χ4v) is 0. The van der Waals surface area contributed by atoms with E-state index >= 15 is 0 Å². The molecular weight excluding hydrogens is 235 g/mol. The molecule has 26 valence electrons. The van der Waals surface area contributed by atoms with Crippen molar-refractivity contribution in [1.82, 2.24) is 0 Å². The Morgan fingerprint density at radius 2 is 2.25 bits per heavy atom. The number of rotatable bonds is 0. The maximum atomic E-state index is 7.61. The van der Waals surface area contributed by atoms with E-state index in [1.54, 1.807) is 0 Å². The third kappa shape index (κ3) is 2.23. The third-order valence-electron chi connectivity index (χ3n) is 0.0477. The SMILES string of the molecule is N#C[CH2][Au]. The monoisotopic (exact) mass is 237 g/mol. The van der Waals surface area contributed by atoms with Crippen LogP contribution >= 0.6 is 0 Å². The van der Waals surface area contributed by atoms with Crippen molar-refractivity contribution in [2.24, 2.45) is 0 Å². The van der Waals surface area contributed by atoms with Gasteiger partial charge in [0.15, 0.2) is 0 Å². The van der Waals surface area contributed by atoms with Crippen LogP contribution in [0, 0.1) is 11.3 Å². The fourth-order valence-electron chi connectivity index (χ4n) is 0. The molecule has 0 amide bonds. The fraction of sp³-hybridized carbons (Fsp3) is 0.500. The van der Waals surface area contributed by atoms with Crippen molar-refractivity contribution < 1.29 is 21.1 Å². The summed E-state index contributed by atoms with van der Waals surface area (Å²) >= 11 is 2.14. The zero-order chi connectivity index (χ0) is 3.41. The first kappa shape index (κ1) is 4.23. The van der Waals surface area contributed by atoms with E-state index in [0.717, 1.165) is 0 Å². The molecular formula is C2H2AuN. The topological polar surface area (TPSA) is 23.8 Å². The van der Waals surface area contributed by atoms with Crippen LogP contribution in [0.15, 0.2) is 0 Å². The van der Waals surface area contributed by atoms with Crippen molar-refractivity contribution >= 4 is 0 Å². The molecule has 0 saturated carbocycles. The van der Waals surface area contributed by atoms with Crippen LogP contribution in [0.5, 0.6) is 0 Å². The van der Waals surface area contributed by atoms with Gasteiger partial charge in [0, 0.05) is 0 Å². The Bertz CT molecular complexity index is 35.8. The normalized spacial score (nSPS) is 5.25. The molecule has 0 spiro atoms. The Labute approximate surface area is 37.5 Å². The molecule has 0 fully saturated rings. The molecule has 2 heteroatoms. The molecule has 0 bridgehead atoms. The van der Waals surface area contributed by atoms with Gasteiger partial charge in [-0.15, -0.1) is 0 Å². The molecule has 0 heterocycles. The summed E-state index contributed by atoms with van der Waals surface area (Å²) in [6, 6.07) is 1.91. The quantitative estimate of drug-likeness (QED) is 0.562. The van der Waals surface area contributed by atoms with Crippen LogP contribution in [0.1, 0.15) is 0 Å². The summed E-state index contributed by atoms with van der Waals surface area (Å²) in [6.45, 7) is 0. The Balaban J connectivity index is 2.43. The molecule has 0 unspecified atom stereocenters. The van der Waals surface area contributed by atoms with Gasteiger partial charge in [-0.25, -0.2) is 0 Å². The van der Waals surface area contributed by atoms with E-state index in [1.165, 1.54) is 0 Å². The molecule has 0 aliphatic rings. The Morgan fingerprint density at radius 3 is 2.25 bits per heavy atom. The van der Waals surface area contributed by atoms with Gasteiger partial charge in [-0.05, 0) is 0 Å². The molecule has 0 saturated heterocycles. The van der Waals surface area contributed by atoms with Crippen LogP contribution in [0.25, 0.3) is 0 Å². The summed E-state index contributed by atoms with van der Waals surface area (Å²) in [6.07, 6.45) is 0. The summed E-state index contributed by atoms with van der Waals surface area (Å²) in [5.41, 5.74) is 0. The van der Waals surface area contributed by atoms with E-state index in [-0.39, 0.29) is 0 Å². The van der Waals surface area contributed by atoms with Crippen molar-refractivity contribution in [3.63, 3.8) is 0 Å². The third-order valence-corrected chi connectivity index (χ3v) is 0.390. The van der Waals surface area contributed by atoms with Crippen LogP contribution in [-0.2, 0) is 21.1 Å². The molecule has 0 N–H and O–H groups in total. The molecule has 0 aromatic heterocycles. The van der Waals surface area contributed by atoms with Crippen LogP contribution < -0.4 is 0 Å². The molecule has 0 aliphatic heterocycles. The number of nitriles is 1. The Kier molecular flexibility index (Phi) is 3.42. The van der Waals surface area contributed by atoms with Gasteiger partial charge in [-0.2, -0.15) is 0 Å². The van der Waals surface area contributed by atoms with Crippen molar-refractivity contribution in [3.05, 3.63) is 0 Å². The second-order valence-corrected chi connectivity index (χ2v) is 1.03. The molecule has 0 aromatic rings. The van der Waals surface area contributed by atoms with Crippen LogP contribution in [0.3, 0.4) is 0 Å². The summed E-state index contributed by atoms with van der Waals surface area (Å²) in [5, 5.41) is 7.61. The summed E-state index contributed by atoms with van der Waals surface area (Å²) in [4.78, 5) is 0. The molecule has 0 rings (SSSR count). The Morgan fingerprint density at radius 1 is 2.00 bits per heavy atom. The van der Waals surface area contributed by atoms with Crippen molar-refractivity contribution in [2.75, 3.05) is 0 Å². The number of hydrogen-bond acceptors (Lipinski definition) is 1. The van der Waals surface area contributed by atoms with Crippen molar-refractivity contribution in [2.45, 2.75) is 4.64 Å². The molecule has 0 atom stereocenters. The van der Waals surface area contributed by atoms with Crippen LogP contribution in [0.2, 0.25) is 4.64 Å². The standard InChI is InChI=1S/C2H2N.Au/c1-2-3;/h1H2;. The van der Waals surface area contributed by atoms with Gasteiger partial charge in [0.2, 0.25) is 0 Å². The average Bonchev–Trinajstić information content (AvgIpc) is 1.37. The first-order chi connectivity index (χ1) is 1.91. The van der Waals surface area contributed by atoms with Crippen LogP contribution in [0.4, 0.5) is 0 Å². The Hall–Kier alpha value is 0.230. The van der Waals surface area contributed by atoms with E-state index < -0.39 is 0 Å². The van der Waals surface area contributed by atoms with E-state index in [4.69, 9.17) is 5.26 Å². The summed E-state index contributed by atoms with van der Waals surface area (Å²) in [5.74, 6) is 0. The van der Waals surface area contributed by atoms with E-state index in [2.05, 4.69) is 21.1 Å². The number of nitrogens with zero attached hydrogens (tertiary/aromatic N) is 1. The molecule has 0 aliphatic carbocycles. The predicted octanol–water partition coefficient (Wildman–Crippen LogP) is 0.475. The van der Waals surface area contributed by atoms with Gasteiger partial charge < -0.3 is 0 Å². The maximum absolute atomic E-state index is 7.61. The average molecular weight is 237 g/mol. The number of hydrogen-bond donors (Lipinski definition) is 0. The molecule has 0 radical (unpaired) electrons. The summed E-state index contributed by atoms with van der Waals surface area (Å²) < 4.78 is 0.569. The summed E-state index contributed by atoms with van der Waals surface area (Å²) in [7, 11) is 0. The van der Waals surface area contributed by atoms with Gasteiger partial charge in [-0.1, -0.05) is 0 Å². The molecule has 1 nitrogen and oxygen atoms in total.